The Labute approximate surface area is 201 Å². The predicted molar refractivity (Wildman–Crippen MR) is 144 cm³/mol. The Kier molecular flexibility index (Phi) is 3.06. The molecule has 7 aromatic rings. The lowest BCUT2D eigenvalue weighted by atomic mass is 9.35. The molecule has 0 N–H and O–H groups in total. The van der Waals surface area contributed by atoms with Gasteiger partial charge in [-0.3, -0.25) is 0 Å². The number of fused-ring (bicyclic) bond motifs is 11. The van der Waals surface area contributed by atoms with Gasteiger partial charge in [-0.2, -0.15) is 0 Å². The van der Waals surface area contributed by atoms with Gasteiger partial charge in [0, 0.05) is 27.7 Å². The summed E-state index contributed by atoms with van der Waals surface area (Å²) >= 11 is 0. The first-order valence-electron chi connectivity index (χ1n) is 12.1. The molecule has 0 fully saturated rings. The van der Waals surface area contributed by atoms with E-state index < -0.39 is 0 Å². The summed E-state index contributed by atoms with van der Waals surface area (Å²) in [6.07, 6.45) is 0. The molecule has 2 aliphatic rings. The van der Waals surface area contributed by atoms with Gasteiger partial charge in [-0.25, -0.2) is 0 Å². The zero-order valence-electron chi connectivity index (χ0n) is 19.0. The van der Waals surface area contributed by atoms with E-state index in [4.69, 9.17) is 9.47 Å². The number of rotatable bonds is 0. The zero-order chi connectivity index (χ0) is 22.8. The second-order valence-corrected chi connectivity index (χ2v) is 9.79. The first-order valence-corrected chi connectivity index (χ1v) is 12.1. The molecule has 0 aliphatic carbocycles. The number of ether oxygens (including phenoxy) is 2. The molecule has 2 aliphatic heterocycles. The number of hydrogen-bond donors (Lipinski definition) is 0. The molecule has 0 bridgehead atoms. The zero-order valence-corrected chi connectivity index (χ0v) is 19.0. The fourth-order valence-electron chi connectivity index (χ4n) is 6.55. The van der Waals surface area contributed by atoms with Gasteiger partial charge in [0.15, 0.2) is 0 Å². The summed E-state index contributed by atoms with van der Waals surface area (Å²) < 4.78 is 15.7. The van der Waals surface area contributed by atoms with Gasteiger partial charge in [-0.1, -0.05) is 54.6 Å². The minimum Gasteiger partial charge on any atom is -0.458 e. The number of benzene rings is 5. The number of para-hydroxylation sites is 3. The van der Waals surface area contributed by atoms with E-state index in [2.05, 4.69) is 96.3 Å². The van der Waals surface area contributed by atoms with Crippen LogP contribution in [-0.2, 0) is 0 Å². The van der Waals surface area contributed by atoms with Crippen LogP contribution in [-0.4, -0.2) is 11.1 Å². The molecule has 5 aromatic carbocycles. The highest BCUT2D eigenvalue weighted by molar-refractivity contribution is 6.98. The Morgan fingerprint density at radius 3 is 2.14 bits per heavy atom. The van der Waals surface area contributed by atoms with Crippen molar-refractivity contribution in [2.45, 2.75) is 6.92 Å². The minimum absolute atomic E-state index is 0.0807. The van der Waals surface area contributed by atoms with Crippen LogP contribution in [0.3, 0.4) is 0 Å². The Balaban J connectivity index is 1.53. The first kappa shape index (κ1) is 18.0. The molecule has 162 valence electrons. The predicted octanol–water partition coefficient (Wildman–Crippen LogP) is 5.87. The van der Waals surface area contributed by atoms with E-state index in [9.17, 15) is 0 Å². The SMILES string of the molecule is Cc1cc2c3ccccc3n3c4cc5c6c(c4c(c1)c23)Oc1ccccc1B6c1ccccc1O5. The monoisotopic (exact) mass is 447 g/mol. The van der Waals surface area contributed by atoms with Crippen molar-refractivity contribution in [1.82, 2.24) is 4.40 Å². The fraction of sp³-hybridized carbons (Fsp3) is 0.0323. The molecule has 0 saturated carbocycles. The van der Waals surface area contributed by atoms with Crippen LogP contribution in [0.5, 0.6) is 23.0 Å². The normalized spacial score (nSPS) is 13.7. The van der Waals surface area contributed by atoms with Crippen molar-refractivity contribution in [2.24, 2.45) is 0 Å². The number of aromatic nitrogens is 1. The third-order valence-electron chi connectivity index (χ3n) is 7.86. The molecule has 0 saturated heterocycles. The maximum atomic E-state index is 6.77. The molecule has 0 radical (unpaired) electrons. The van der Waals surface area contributed by atoms with Gasteiger partial charge in [0.1, 0.15) is 23.0 Å². The fourth-order valence-corrected chi connectivity index (χ4v) is 6.55. The van der Waals surface area contributed by atoms with Crippen LogP contribution in [0, 0.1) is 6.92 Å². The molecular weight excluding hydrogens is 429 g/mol. The van der Waals surface area contributed by atoms with Crippen molar-refractivity contribution in [3.8, 4) is 23.0 Å². The van der Waals surface area contributed by atoms with E-state index in [-0.39, 0.29) is 6.71 Å². The van der Waals surface area contributed by atoms with Crippen molar-refractivity contribution in [3.05, 3.63) is 96.6 Å². The van der Waals surface area contributed by atoms with Gasteiger partial charge in [0.25, 0.3) is 6.71 Å². The van der Waals surface area contributed by atoms with Crippen LogP contribution in [0.1, 0.15) is 5.56 Å². The summed E-state index contributed by atoms with van der Waals surface area (Å²) in [5.74, 6) is 3.65. The van der Waals surface area contributed by atoms with Crippen LogP contribution in [0.2, 0.25) is 0 Å². The van der Waals surface area contributed by atoms with Gasteiger partial charge in [0.2, 0.25) is 0 Å². The highest BCUT2D eigenvalue weighted by Gasteiger charge is 2.41. The molecule has 2 aromatic heterocycles. The standard InChI is InChI=1S/C31H18BNO2/c1-17-14-19-18-8-2-5-11-23(18)33-24-16-27-29-31(28(24)20(15-17)30(19)33)35-26-13-7-4-10-22(26)32(29)21-9-3-6-12-25(21)34-27/h2-16H,1H3. The molecule has 3 nitrogen and oxygen atoms in total. The highest BCUT2D eigenvalue weighted by atomic mass is 16.5. The third-order valence-corrected chi connectivity index (χ3v) is 7.86. The maximum Gasteiger partial charge on any atom is 0.260 e. The Bertz CT molecular complexity index is 2030. The van der Waals surface area contributed by atoms with Gasteiger partial charge < -0.3 is 13.9 Å². The number of aryl methyl sites for hydroxylation is 1. The number of hydrogen-bond acceptors (Lipinski definition) is 2. The van der Waals surface area contributed by atoms with Crippen LogP contribution in [0.4, 0.5) is 0 Å². The Hall–Kier alpha value is -4.44. The van der Waals surface area contributed by atoms with Crippen molar-refractivity contribution in [1.29, 1.82) is 0 Å². The average molecular weight is 447 g/mol. The second-order valence-electron chi connectivity index (χ2n) is 9.79. The molecule has 9 rings (SSSR count). The van der Waals surface area contributed by atoms with E-state index >= 15 is 0 Å². The Morgan fingerprint density at radius 2 is 1.31 bits per heavy atom. The summed E-state index contributed by atoms with van der Waals surface area (Å²) in [5, 5.41) is 4.97. The smallest absolute Gasteiger partial charge is 0.260 e. The topological polar surface area (TPSA) is 22.9 Å². The van der Waals surface area contributed by atoms with Gasteiger partial charge >= 0.3 is 0 Å². The third kappa shape index (κ3) is 2.05. The van der Waals surface area contributed by atoms with E-state index in [1.807, 2.05) is 6.07 Å². The lowest BCUT2D eigenvalue weighted by Crippen LogP contribution is -2.57. The van der Waals surface area contributed by atoms with Crippen molar-refractivity contribution in [3.63, 3.8) is 0 Å². The summed E-state index contributed by atoms with van der Waals surface area (Å²) in [6.45, 7) is 2.26. The summed E-state index contributed by atoms with van der Waals surface area (Å²) in [5.41, 5.74) is 8.35. The van der Waals surface area contributed by atoms with Crippen molar-refractivity contribution in [2.75, 3.05) is 0 Å². The minimum atomic E-state index is 0.0807. The molecule has 0 amide bonds. The van der Waals surface area contributed by atoms with E-state index in [1.165, 1.54) is 49.1 Å². The largest absolute Gasteiger partial charge is 0.458 e. The average Bonchev–Trinajstić information content (AvgIpc) is 3.39. The molecule has 0 atom stereocenters. The summed E-state index contributed by atoms with van der Waals surface area (Å²) in [7, 11) is 0. The second kappa shape index (κ2) is 5.97. The van der Waals surface area contributed by atoms with Gasteiger partial charge in [0.05, 0.1) is 21.9 Å². The number of nitrogens with zero attached hydrogens (tertiary/aromatic N) is 1. The van der Waals surface area contributed by atoms with Crippen molar-refractivity contribution < 1.29 is 9.47 Å². The lowest BCUT2D eigenvalue weighted by Gasteiger charge is -2.33. The Morgan fingerprint density at radius 1 is 0.629 bits per heavy atom. The highest BCUT2D eigenvalue weighted by Crippen LogP contribution is 2.47. The molecular formula is C31H18BNO2. The quantitative estimate of drug-likeness (QED) is 0.271. The van der Waals surface area contributed by atoms with Crippen LogP contribution < -0.4 is 25.9 Å². The van der Waals surface area contributed by atoms with Crippen LogP contribution >= 0.6 is 0 Å². The van der Waals surface area contributed by atoms with Gasteiger partial charge in [-0.05, 0) is 53.7 Å². The summed E-state index contributed by atoms with van der Waals surface area (Å²) in [4.78, 5) is 0. The van der Waals surface area contributed by atoms with Crippen molar-refractivity contribution >= 4 is 61.2 Å². The summed E-state index contributed by atoms with van der Waals surface area (Å²) in [6, 6.07) is 32.4. The van der Waals surface area contributed by atoms with E-state index in [1.54, 1.807) is 0 Å². The first-order chi connectivity index (χ1) is 17.3. The van der Waals surface area contributed by atoms with E-state index in [0.717, 1.165) is 34.0 Å². The maximum absolute atomic E-state index is 6.77. The molecule has 0 spiro atoms. The molecule has 0 unspecified atom stereocenters. The van der Waals surface area contributed by atoms with Gasteiger partial charge in [-0.15, -0.1) is 0 Å². The molecule has 4 heteroatoms. The van der Waals surface area contributed by atoms with Crippen LogP contribution in [0.25, 0.3) is 38.1 Å². The van der Waals surface area contributed by atoms with E-state index in [0.29, 0.717) is 0 Å². The lowest BCUT2D eigenvalue weighted by molar-refractivity contribution is 0.468. The van der Waals surface area contributed by atoms with Crippen LogP contribution in [0.15, 0.2) is 91.0 Å². The molecule has 4 heterocycles. The molecule has 35 heavy (non-hydrogen) atoms.